The third-order valence-electron chi connectivity index (χ3n) is 5.86. The molecule has 2 fully saturated rings. The second-order valence-electron chi connectivity index (χ2n) is 8.28. The summed E-state index contributed by atoms with van der Waals surface area (Å²) in [5.74, 6) is -0.346. The fraction of sp³-hybridized carbons (Fsp3) is 0.478. The average Bonchev–Trinajstić information content (AvgIpc) is 3.32. The van der Waals surface area contributed by atoms with Gasteiger partial charge in [0.05, 0.1) is 46.8 Å². The molecule has 1 aromatic heterocycles. The summed E-state index contributed by atoms with van der Waals surface area (Å²) in [7, 11) is -3.71. The molecule has 2 saturated heterocycles. The number of hydrogen-bond donors (Lipinski definition) is 2. The molecular weight excluding hydrogens is 444 g/mol. The van der Waals surface area contributed by atoms with E-state index in [0.29, 0.717) is 55.5 Å². The quantitative estimate of drug-likeness (QED) is 0.635. The van der Waals surface area contributed by atoms with E-state index in [2.05, 4.69) is 15.6 Å². The Morgan fingerprint density at radius 1 is 1.12 bits per heavy atom. The number of amides is 1. The smallest absolute Gasteiger partial charge is 0.257 e. The summed E-state index contributed by atoms with van der Waals surface area (Å²) in [6.07, 6.45) is 2.08. The molecule has 178 valence electrons. The van der Waals surface area contributed by atoms with Crippen LogP contribution in [0, 0.1) is 13.8 Å². The number of rotatable bonds is 7. The standard InChI is InChI=1S/C23H30N4O5S/c1-16-5-7-20(17(2)25-16)23(28)26-22-14-19(33(29,30)27-9-12-31-13-10-27)6-8-21(22)24-15-18-4-3-11-32-18/h5-8,14,18,24H,3-4,9-13,15H2,1-2H3,(H,26,28). The molecule has 1 aromatic carbocycles. The SMILES string of the molecule is Cc1ccc(C(=O)Nc2cc(S(=O)(=O)N3CCOCC3)ccc2NCC2CCCO2)c(C)n1. The third kappa shape index (κ3) is 5.52. The highest BCUT2D eigenvalue weighted by molar-refractivity contribution is 7.89. The van der Waals surface area contributed by atoms with Gasteiger partial charge in [-0.3, -0.25) is 9.78 Å². The number of ether oxygens (including phenoxy) is 2. The van der Waals surface area contributed by atoms with Crippen LogP contribution in [0.4, 0.5) is 11.4 Å². The predicted molar refractivity (Wildman–Crippen MR) is 125 cm³/mol. The highest BCUT2D eigenvalue weighted by Crippen LogP contribution is 2.29. The van der Waals surface area contributed by atoms with Crippen LogP contribution in [0.1, 0.15) is 34.6 Å². The summed E-state index contributed by atoms with van der Waals surface area (Å²) < 4.78 is 38.7. The van der Waals surface area contributed by atoms with E-state index >= 15 is 0 Å². The minimum atomic E-state index is -3.71. The lowest BCUT2D eigenvalue weighted by molar-refractivity contribution is 0.0730. The lowest BCUT2D eigenvalue weighted by atomic mass is 10.1. The van der Waals surface area contributed by atoms with Crippen molar-refractivity contribution in [1.29, 1.82) is 0 Å². The van der Waals surface area contributed by atoms with Gasteiger partial charge in [-0.2, -0.15) is 4.31 Å². The Bertz CT molecular complexity index is 1110. The molecule has 9 nitrogen and oxygen atoms in total. The third-order valence-corrected chi connectivity index (χ3v) is 7.76. The number of sulfonamides is 1. The molecule has 0 spiro atoms. The molecule has 0 radical (unpaired) electrons. The number of hydrogen-bond acceptors (Lipinski definition) is 7. The van der Waals surface area contributed by atoms with Crippen LogP contribution >= 0.6 is 0 Å². The molecule has 2 N–H and O–H groups in total. The number of aromatic nitrogens is 1. The zero-order valence-corrected chi connectivity index (χ0v) is 19.8. The molecule has 3 heterocycles. The normalized spacial score (nSPS) is 19.4. The van der Waals surface area contributed by atoms with E-state index in [4.69, 9.17) is 9.47 Å². The van der Waals surface area contributed by atoms with E-state index in [9.17, 15) is 13.2 Å². The van der Waals surface area contributed by atoms with Crippen molar-refractivity contribution in [3.8, 4) is 0 Å². The van der Waals surface area contributed by atoms with Crippen molar-refractivity contribution in [2.24, 2.45) is 0 Å². The number of nitrogens with zero attached hydrogens (tertiary/aromatic N) is 2. The van der Waals surface area contributed by atoms with Crippen molar-refractivity contribution in [2.45, 2.75) is 37.7 Å². The van der Waals surface area contributed by atoms with Crippen LogP contribution in [0.25, 0.3) is 0 Å². The van der Waals surface area contributed by atoms with E-state index in [1.165, 1.54) is 10.4 Å². The number of benzene rings is 1. The molecule has 1 unspecified atom stereocenters. The molecule has 0 bridgehead atoms. The molecule has 1 amide bonds. The maximum absolute atomic E-state index is 13.2. The predicted octanol–water partition coefficient (Wildman–Crippen LogP) is 2.56. The van der Waals surface area contributed by atoms with E-state index in [1.54, 1.807) is 31.2 Å². The number of morpholine rings is 1. The number of carbonyl (C=O) groups excluding carboxylic acids is 1. The Kier molecular flexibility index (Phi) is 7.28. The topological polar surface area (TPSA) is 110 Å². The van der Waals surface area contributed by atoms with Gasteiger partial charge < -0.3 is 20.1 Å². The molecule has 1 atom stereocenters. The van der Waals surface area contributed by atoms with Crippen molar-refractivity contribution < 1.29 is 22.7 Å². The molecule has 2 aromatic rings. The van der Waals surface area contributed by atoms with Crippen LogP contribution in [0.15, 0.2) is 35.2 Å². The molecule has 0 saturated carbocycles. The summed E-state index contributed by atoms with van der Waals surface area (Å²) >= 11 is 0. The first-order chi connectivity index (χ1) is 15.8. The first-order valence-corrected chi connectivity index (χ1v) is 12.6. The number of nitrogens with one attached hydrogen (secondary N) is 2. The molecule has 2 aliphatic heterocycles. The van der Waals surface area contributed by atoms with Gasteiger partial charge in [0, 0.05) is 31.9 Å². The zero-order valence-electron chi connectivity index (χ0n) is 19.0. The summed E-state index contributed by atoms with van der Waals surface area (Å²) in [5, 5.41) is 6.20. The Morgan fingerprint density at radius 2 is 1.91 bits per heavy atom. The van der Waals surface area contributed by atoms with E-state index in [1.807, 2.05) is 6.92 Å². The summed E-state index contributed by atoms with van der Waals surface area (Å²) in [6.45, 7) is 6.29. The minimum Gasteiger partial charge on any atom is -0.381 e. The minimum absolute atomic E-state index is 0.0915. The average molecular weight is 475 g/mol. The lowest BCUT2D eigenvalue weighted by Gasteiger charge is -2.26. The molecule has 4 rings (SSSR count). The first kappa shape index (κ1) is 23.6. The molecular formula is C23H30N4O5S. The molecule has 10 heteroatoms. The molecule has 2 aliphatic rings. The second kappa shape index (κ2) is 10.2. The summed E-state index contributed by atoms with van der Waals surface area (Å²) in [5.41, 5.74) is 2.90. The van der Waals surface area contributed by atoms with Crippen LogP contribution in [-0.2, 0) is 19.5 Å². The number of carbonyl (C=O) groups is 1. The van der Waals surface area contributed by atoms with Crippen molar-refractivity contribution in [3.63, 3.8) is 0 Å². The van der Waals surface area contributed by atoms with Gasteiger partial charge in [0.2, 0.25) is 10.0 Å². The van der Waals surface area contributed by atoms with Gasteiger partial charge in [0.15, 0.2) is 0 Å². The highest BCUT2D eigenvalue weighted by atomic mass is 32.2. The van der Waals surface area contributed by atoms with Crippen LogP contribution in [0.2, 0.25) is 0 Å². The van der Waals surface area contributed by atoms with Gasteiger partial charge in [0.1, 0.15) is 0 Å². The number of anilines is 2. The van der Waals surface area contributed by atoms with Gasteiger partial charge in [-0.05, 0) is 57.0 Å². The summed E-state index contributed by atoms with van der Waals surface area (Å²) in [6, 6.07) is 8.27. The van der Waals surface area contributed by atoms with E-state index in [0.717, 1.165) is 25.1 Å². The van der Waals surface area contributed by atoms with Gasteiger partial charge in [0.25, 0.3) is 5.91 Å². The molecule has 33 heavy (non-hydrogen) atoms. The van der Waals surface area contributed by atoms with Gasteiger partial charge in [-0.25, -0.2) is 8.42 Å². The Balaban J connectivity index is 1.62. The van der Waals surface area contributed by atoms with E-state index < -0.39 is 10.0 Å². The van der Waals surface area contributed by atoms with Crippen LogP contribution in [0.5, 0.6) is 0 Å². The fourth-order valence-corrected chi connectivity index (χ4v) is 5.46. The van der Waals surface area contributed by atoms with E-state index in [-0.39, 0.29) is 16.9 Å². The number of aryl methyl sites for hydroxylation is 2. The largest absolute Gasteiger partial charge is 0.381 e. The maximum Gasteiger partial charge on any atom is 0.257 e. The summed E-state index contributed by atoms with van der Waals surface area (Å²) in [4.78, 5) is 17.5. The van der Waals surface area contributed by atoms with Crippen LogP contribution in [-0.4, -0.2) is 69.2 Å². The van der Waals surface area contributed by atoms with Crippen molar-refractivity contribution >= 4 is 27.3 Å². The van der Waals surface area contributed by atoms with Gasteiger partial charge >= 0.3 is 0 Å². The molecule has 0 aliphatic carbocycles. The monoisotopic (exact) mass is 474 g/mol. The van der Waals surface area contributed by atoms with Gasteiger partial charge in [-0.1, -0.05) is 0 Å². The van der Waals surface area contributed by atoms with Crippen LogP contribution < -0.4 is 10.6 Å². The van der Waals surface area contributed by atoms with Crippen molar-refractivity contribution in [1.82, 2.24) is 9.29 Å². The van der Waals surface area contributed by atoms with Crippen molar-refractivity contribution in [2.75, 3.05) is 50.1 Å². The Labute approximate surface area is 194 Å². The Morgan fingerprint density at radius 3 is 2.61 bits per heavy atom. The first-order valence-electron chi connectivity index (χ1n) is 11.2. The lowest BCUT2D eigenvalue weighted by Crippen LogP contribution is -2.40. The zero-order chi connectivity index (χ0) is 23.4. The maximum atomic E-state index is 13.2. The van der Waals surface area contributed by atoms with Gasteiger partial charge in [-0.15, -0.1) is 0 Å². The highest BCUT2D eigenvalue weighted by Gasteiger charge is 2.27. The van der Waals surface area contributed by atoms with Crippen molar-refractivity contribution in [3.05, 3.63) is 47.3 Å². The van der Waals surface area contributed by atoms with Crippen LogP contribution in [0.3, 0.4) is 0 Å². The number of pyridine rings is 1. The second-order valence-corrected chi connectivity index (χ2v) is 10.2. The Hall–Kier alpha value is -2.53. The fourth-order valence-electron chi connectivity index (χ4n) is 4.02.